The van der Waals surface area contributed by atoms with Gasteiger partial charge in [0.05, 0.1) is 4.47 Å². The maximum Gasteiger partial charge on any atom is 0.140 e. The highest BCUT2D eigenvalue weighted by atomic mass is 79.9. The van der Waals surface area contributed by atoms with E-state index in [1.54, 1.807) is 6.20 Å². The Balaban J connectivity index is 2.62. The van der Waals surface area contributed by atoms with E-state index in [1.165, 1.54) is 0 Å². The number of nitrogens with two attached hydrogens (primary N) is 1. The molecule has 0 aliphatic rings. The van der Waals surface area contributed by atoms with Gasteiger partial charge in [0.1, 0.15) is 5.82 Å². The molecule has 1 atom stereocenters. The minimum absolute atomic E-state index is 0.288. The molecule has 0 aliphatic heterocycles. The van der Waals surface area contributed by atoms with E-state index in [4.69, 9.17) is 5.73 Å². The normalized spacial score (nSPS) is 12.9. The summed E-state index contributed by atoms with van der Waals surface area (Å²) < 4.78 is 0.979. The first-order chi connectivity index (χ1) is 7.13. The zero-order valence-electron chi connectivity index (χ0n) is 9.20. The summed E-state index contributed by atoms with van der Waals surface area (Å²) in [7, 11) is 0. The van der Waals surface area contributed by atoms with Gasteiger partial charge in [0, 0.05) is 18.8 Å². The molecule has 0 saturated carbocycles. The molecule has 1 heterocycles. The minimum Gasteiger partial charge on any atom is -0.365 e. The van der Waals surface area contributed by atoms with Crippen LogP contribution in [0.1, 0.15) is 20.3 Å². The standard InChI is InChI=1S/C11H18BrN3/c1-8(2)6-9(7-13)15-11-10(12)4-3-5-14-11/h3-5,8-9H,6-7,13H2,1-2H3,(H,14,15). The number of aromatic nitrogens is 1. The van der Waals surface area contributed by atoms with Crippen LogP contribution in [0.3, 0.4) is 0 Å². The number of rotatable bonds is 5. The van der Waals surface area contributed by atoms with Crippen LogP contribution in [0.15, 0.2) is 22.8 Å². The molecular formula is C11H18BrN3. The number of pyridine rings is 1. The van der Waals surface area contributed by atoms with Crippen LogP contribution >= 0.6 is 15.9 Å². The van der Waals surface area contributed by atoms with Gasteiger partial charge in [0.15, 0.2) is 0 Å². The van der Waals surface area contributed by atoms with Crippen LogP contribution in [0.5, 0.6) is 0 Å². The summed E-state index contributed by atoms with van der Waals surface area (Å²) >= 11 is 3.45. The Morgan fingerprint density at radius 3 is 2.80 bits per heavy atom. The van der Waals surface area contributed by atoms with Crippen molar-refractivity contribution in [2.45, 2.75) is 26.3 Å². The van der Waals surface area contributed by atoms with Crippen LogP contribution in [0, 0.1) is 5.92 Å². The van der Waals surface area contributed by atoms with Gasteiger partial charge < -0.3 is 11.1 Å². The first-order valence-corrected chi connectivity index (χ1v) is 6.00. The maximum absolute atomic E-state index is 5.71. The lowest BCUT2D eigenvalue weighted by Crippen LogP contribution is -2.30. The molecule has 0 bridgehead atoms. The van der Waals surface area contributed by atoms with E-state index >= 15 is 0 Å². The van der Waals surface area contributed by atoms with Gasteiger partial charge in [-0.3, -0.25) is 0 Å². The first-order valence-electron chi connectivity index (χ1n) is 5.20. The third-order valence-electron chi connectivity index (χ3n) is 2.14. The molecule has 3 nitrogen and oxygen atoms in total. The van der Waals surface area contributed by atoms with E-state index in [0.717, 1.165) is 16.7 Å². The zero-order chi connectivity index (χ0) is 11.3. The zero-order valence-corrected chi connectivity index (χ0v) is 10.8. The molecule has 84 valence electrons. The van der Waals surface area contributed by atoms with E-state index in [1.807, 2.05) is 12.1 Å². The Kier molecular flexibility index (Phi) is 5.05. The van der Waals surface area contributed by atoms with Crippen molar-refractivity contribution in [3.63, 3.8) is 0 Å². The fourth-order valence-corrected chi connectivity index (χ4v) is 1.84. The molecule has 1 rings (SSSR count). The Labute approximate surface area is 99.6 Å². The molecule has 3 N–H and O–H groups in total. The second-order valence-corrected chi connectivity index (χ2v) is 4.89. The Bertz CT molecular complexity index is 302. The number of anilines is 1. The third-order valence-corrected chi connectivity index (χ3v) is 2.78. The van der Waals surface area contributed by atoms with Crippen molar-refractivity contribution < 1.29 is 0 Å². The molecule has 0 aliphatic carbocycles. The van der Waals surface area contributed by atoms with E-state index in [0.29, 0.717) is 12.5 Å². The molecule has 0 amide bonds. The highest BCUT2D eigenvalue weighted by molar-refractivity contribution is 9.10. The third kappa shape index (κ3) is 4.18. The summed E-state index contributed by atoms with van der Waals surface area (Å²) in [6, 6.07) is 4.16. The monoisotopic (exact) mass is 271 g/mol. The predicted molar refractivity (Wildman–Crippen MR) is 67.9 cm³/mol. The molecule has 1 aromatic rings. The van der Waals surface area contributed by atoms with Crippen LogP contribution in [0.2, 0.25) is 0 Å². The quantitative estimate of drug-likeness (QED) is 0.866. The van der Waals surface area contributed by atoms with E-state index in [2.05, 4.69) is 40.1 Å². The topological polar surface area (TPSA) is 50.9 Å². The first kappa shape index (κ1) is 12.5. The van der Waals surface area contributed by atoms with Gasteiger partial charge in [-0.15, -0.1) is 0 Å². The van der Waals surface area contributed by atoms with E-state index in [9.17, 15) is 0 Å². The summed E-state index contributed by atoms with van der Waals surface area (Å²) in [5.41, 5.74) is 5.71. The fraction of sp³-hybridized carbons (Fsp3) is 0.545. The van der Waals surface area contributed by atoms with Gasteiger partial charge >= 0.3 is 0 Å². The van der Waals surface area contributed by atoms with Gasteiger partial charge in [-0.1, -0.05) is 13.8 Å². The second-order valence-electron chi connectivity index (χ2n) is 4.04. The second kappa shape index (κ2) is 6.08. The molecule has 1 aromatic heterocycles. The highest BCUT2D eigenvalue weighted by Crippen LogP contribution is 2.20. The molecule has 15 heavy (non-hydrogen) atoms. The number of nitrogens with zero attached hydrogens (tertiary/aromatic N) is 1. The lowest BCUT2D eigenvalue weighted by atomic mass is 10.0. The largest absolute Gasteiger partial charge is 0.365 e. The predicted octanol–water partition coefficient (Wildman–Crippen LogP) is 2.63. The lowest BCUT2D eigenvalue weighted by molar-refractivity contribution is 0.521. The Morgan fingerprint density at radius 1 is 1.53 bits per heavy atom. The van der Waals surface area contributed by atoms with Crippen molar-refractivity contribution in [2.24, 2.45) is 11.7 Å². The molecule has 0 aromatic carbocycles. The minimum atomic E-state index is 0.288. The Hall–Kier alpha value is -0.610. The van der Waals surface area contributed by atoms with Crippen molar-refractivity contribution in [1.82, 2.24) is 4.98 Å². The van der Waals surface area contributed by atoms with Crippen molar-refractivity contribution in [2.75, 3.05) is 11.9 Å². The highest BCUT2D eigenvalue weighted by Gasteiger charge is 2.10. The van der Waals surface area contributed by atoms with Crippen molar-refractivity contribution >= 4 is 21.7 Å². The van der Waals surface area contributed by atoms with Gasteiger partial charge in [0.2, 0.25) is 0 Å². The van der Waals surface area contributed by atoms with Gasteiger partial charge in [-0.05, 0) is 40.4 Å². The number of hydrogen-bond donors (Lipinski definition) is 2. The fourth-order valence-electron chi connectivity index (χ4n) is 1.47. The average molecular weight is 272 g/mol. The number of hydrogen-bond acceptors (Lipinski definition) is 3. The summed E-state index contributed by atoms with van der Waals surface area (Å²) in [4.78, 5) is 4.26. The Morgan fingerprint density at radius 2 is 2.27 bits per heavy atom. The molecular weight excluding hydrogens is 254 g/mol. The molecule has 1 unspecified atom stereocenters. The van der Waals surface area contributed by atoms with E-state index < -0.39 is 0 Å². The van der Waals surface area contributed by atoms with Crippen LogP contribution in [0.25, 0.3) is 0 Å². The van der Waals surface area contributed by atoms with Crippen LogP contribution in [0.4, 0.5) is 5.82 Å². The smallest absolute Gasteiger partial charge is 0.140 e. The number of halogens is 1. The van der Waals surface area contributed by atoms with E-state index in [-0.39, 0.29) is 6.04 Å². The average Bonchev–Trinajstić information content (AvgIpc) is 2.19. The molecule has 0 saturated heterocycles. The molecule has 0 fully saturated rings. The molecule has 4 heteroatoms. The van der Waals surface area contributed by atoms with Gasteiger partial charge in [-0.2, -0.15) is 0 Å². The lowest BCUT2D eigenvalue weighted by Gasteiger charge is -2.19. The summed E-state index contributed by atoms with van der Waals surface area (Å²) in [5, 5.41) is 3.35. The van der Waals surface area contributed by atoms with Crippen molar-refractivity contribution in [3.05, 3.63) is 22.8 Å². The SMILES string of the molecule is CC(C)CC(CN)Nc1ncccc1Br. The summed E-state index contributed by atoms with van der Waals surface area (Å²) in [5.74, 6) is 1.50. The van der Waals surface area contributed by atoms with Gasteiger partial charge in [0.25, 0.3) is 0 Å². The van der Waals surface area contributed by atoms with Crippen LogP contribution < -0.4 is 11.1 Å². The van der Waals surface area contributed by atoms with Crippen molar-refractivity contribution in [1.29, 1.82) is 0 Å². The van der Waals surface area contributed by atoms with Gasteiger partial charge in [-0.25, -0.2) is 4.98 Å². The summed E-state index contributed by atoms with van der Waals surface area (Å²) in [6.45, 7) is 5.01. The summed E-state index contributed by atoms with van der Waals surface area (Å²) in [6.07, 6.45) is 2.83. The maximum atomic E-state index is 5.71. The molecule has 0 radical (unpaired) electrons. The van der Waals surface area contributed by atoms with Crippen molar-refractivity contribution in [3.8, 4) is 0 Å². The molecule has 0 spiro atoms. The van der Waals surface area contributed by atoms with Crippen LogP contribution in [-0.2, 0) is 0 Å². The number of nitrogens with one attached hydrogen (secondary N) is 1. The van der Waals surface area contributed by atoms with Crippen LogP contribution in [-0.4, -0.2) is 17.6 Å².